The van der Waals surface area contributed by atoms with E-state index in [4.69, 9.17) is 11.6 Å². The normalized spacial score (nSPS) is 11.2. The Morgan fingerprint density at radius 1 is 1.35 bits per heavy atom. The molecule has 0 spiro atoms. The molecule has 0 bridgehead atoms. The Morgan fingerprint density at radius 2 is 2.12 bits per heavy atom. The summed E-state index contributed by atoms with van der Waals surface area (Å²) < 4.78 is 2.20. The first-order chi connectivity index (χ1) is 12.5. The van der Waals surface area contributed by atoms with E-state index in [1.165, 1.54) is 23.1 Å². The maximum Gasteiger partial charge on any atom is 0.272 e. The molecule has 3 aromatic rings. The maximum atomic E-state index is 12.9. The molecule has 2 heterocycles. The van der Waals surface area contributed by atoms with Gasteiger partial charge in [-0.15, -0.1) is 11.3 Å². The first-order valence-electron chi connectivity index (χ1n) is 8.09. The fraction of sp³-hybridized carbons (Fsp3) is 0.278. The number of thioether (sulfide) groups is 1. The van der Waals surface area contributed by atoms with Crippen LogP contribution in [0, 0.1) is 0 Å². The van der Waals surface area contributed by atoms with Crippen LogP contribution in [-0.4, -0.2) is 27.3 Å². The summed E-state index contributed by atoms with van der Waals surface area (Å²) >= 11 is 8.88. The number of nitrogens with one attached hydrogen (secondary N) is 1. The lowest BCUT2D eigenvalue weighted by molar-refractivity contribution is -0.119. The van der Waals surface area contributed by atoms with E-state index in [1.807, 2.05) is 43.5 Å². The summed E-state index contributed by atoms with van der Waals surface area (Å²) in [5.41, 5.74) is 1.38. The summed E-state index contributed by atoms with van der Waals surface area (Å²) in [5, 5.41) is 5.80. The number of carbonyl (C=O) groups excluding carboxylic acids is 1. The number of aromatic nitrogens is 2. The molecule has 2 aromatic heterocycles. The maximum absolute atomic E-state index is 12.9. The van der Waals surface area contributed by atoms with Crippen LogP contribution in [0.5, 0.6) is 0 Å². The third-order valence-corrected chi connectivity index (χ3v) is 5.84. The summed E-state index contributed by atoms with van der Waals surface area (Å²) in [6.07, 6.45) is 0. The molecule has 0 unspecified atom stereocenters. The number of carbonyl (C=O) groups is 1. The van der Waals surface area contributed by atoms with E-state index in [0.29, 0.717) is 26.9 Å². The molecule has 26 heavy (non-hydrogen) atoms. The molecular formula is C18H18ClN3O2S2. The molecule has 0 atom stereocenters. The SMILES string of the molecule is CC(C)NC(=O)CSc1nc2ccsc2c(=O)n1Cc1ccccc1Cl. The number of thiophene rings is 1. The topological polar surface area (TPSA) is 64.0 Å². The summed E-state index contributed by atoms with van der Waals surface area (Å²) in [7, 11) is 0. The zero-order valence-electron chi connectivity index (χ0n) is 14.4. The van der Waals surface area contributed by atoms with E-state index in [9.17, 15) is 9.59 Å². The summed E-state index contributed by atoms with van der Waals surface area (Å²) in [5.74, 6) is 0.108. The van der Waals surface area contributed by atoms with Gasteiger partial charge in [-0.2, -0.15) is 0 Å². The molecule has 0 aliphatic heterocycles. The average molecular weight is 408 g/mol. The molecule has 1 N–H and O–H groups in total. The van der Waals surface area contributed by atoms with E-state index < -0.39 is 0 Å². The number of hydrogen-bond donors (Lipinski definition) is 1. The van der Waals surface area contributed by atoms with Crippen molar-refractivity contribution in [1.82, 2.24) is 14.9 Å². The van der Waals surface area contributed by atoms with Gasteiger partial charge in [-0.1, -0.05) is 41.6 Å². The zero-order chi connectivity index (χ0) is 18.7. The van der Waals surface area contributed by atoms with E-state index in [1.54, 1.807) is 10.6 Å². The minimum atomic E-state index is -0.114. The van der Waals surface area contributed by atoms with Crippen molar-refractivity contribution in [3.63, 3.8) is 0 Å². The zero-order valence-corrected chi connectivity index (χ0v) is 16.7. The summed E-state index contributed by atoms with van der Waals surface area (Å²) in [6.45, 7) is 4.13. The van der Waals surface area contributed by atoms with Crippen molar-refractivity contribution in [3.8, 4) is 0 Å². The van der Waals surface area contributed by atoms with Crippen molar-refractivity contribution in [2.45, 2.75) is 31.6 Å². The second-order valence-corrected chi connectivity index (χ2v) is 8.29. The Hall–Kier alpha value is -1.83. The number of rotatable bonds is 6. The van der Waals surface area contributed by atoms with Crippen LogP contribution in [-0.2, 0) is 11.3 Å². The minimum absolute atomic E-state index is 0.0701. The van der Waals surface area contributed by atoms with Crippen LogP contribution in [0.15, 0.2) is 45.7 Å². The first kappa shape index (κ1) is 18.9. The molecule has 3 rings (SSSR count). The number of fused-ring (bicyclic) bond motifs is 1. The molecule has 0 saturated carbocycles. The third-order valence-electron chi connectivity index (χ3n) is 3.60. The van der Waals surface area contributed by atoms with Crippen LogP contribution < -0.4 is 10.9 Å². The van der Waals surface area contributed by atoms with Crippen LogP contribution in [0.3, 0.4) is 0 Å². The van der Waals surface area contributed by atoms with Crippen LogP contribution in [0.2, 0.25) is 5.02 Å². The monoisotopic (exact) mass is 407 g/mol. The largest absolute Gasteiger partial charge is 0.353 e. The number of benzene rings is 1. The molecule has 1 amide bonds. The van der Waals surface area contributed by atoms with Crippen molar-refractivity contribution in [2.75, 3.05) is 5.75 Å². The number of halogens is 1. The lowest BCUT2D eigenvalue weighted by atomic mass is 10.2. The Morgan fingerprint density at radius 3 is 2.85 bits per heavy atom. The highest BCUT2D eigenvalue weighted by Crippen LogP contribution is 2.23. The predicted octanol–water partition coefficient (Wildman–Crippen LogP) is 3.78. The second-order valence-electron chi connectivity index (χ2n) is 6.02. The molecule has 8 heteroatoms. The molecule has 0 aliphatic rings. The highest BCUT2D eigenvalue weighted by Gasteiger charge is 2.15. The van der Waals surface area contributed by atoms with E-state index >= 15 is 0 Å². The Kier molecular flexibility index (Phi) is 6.01. The van der Waals surface area contributed by atoms with Gasteiger partial charge in [0.2, 0.25) is 5.91 Å². The van der Waals surface area contributed by atoms with Gasteiger partial charge >= 0.3 is 0 Å². The number of amides is 1. The quantitative estimate of drug-likeness (QED) is 0.499. The molecule has 136 valence electrons. The first-order valence-corrected chi connectivity index (χ1v) is 10.3. The summed E-state index contributed by atoms with van der Waals surface area (Å²) in [6, 6.07) is 9.29. The van der Waals surface area contributed by atoms with Crippen molar-refractivity contribution in [3.05, 3.63) is 56.7 Å². The van der Waals surface area contributed by atoms with E-state index in [2.05, 4.69) is 10.3 Å². The molecular weight excluding hydrogens is 390 g/mol. The fourth-order valence-electron chi connectivity index (χ4n) is 2.46. The van der Waals surface area contributed by atoms with Crippen molar-refractivity contribution in [2.24, 2.45) is 0 Å². The molecule has 5 nitrogen and oxygen atoms in total. The van der Waals surface area contributed by atoms with Gasteiger partial charge in [0.15, 0.2) is 5.16 Å². The molecule has 1 aromatic carbocycles. The van der Waals surface area contributed by atoms with Crippen LogP contribution in [0.25, 0.3) is 10.2 Å². The van der Waals surface area contributed by atoms with Crippen LogP contribution in [0.4, 0.5) is 0 Å². The van der Waals surface area contributed by atoms with Crippen molar-refractivity contribution in [1.29, 1.82) is 0 Å². The van der Waals surface area contributed by atoms with Gasteiger partial charge in [0.1, 0.15) is 4.70 Å². The molecule has 0 saturated heterocycles. The Balaban J connectivity index is 1.96. The van der Waals surface area contributed by atoms with Gasteiger partial charge < -0.3 is 5.32 Å². The van der Waals surface area contributed by atoms with Crippen molar-refractivity contribution < 1.29 is 4.79 Å². The minimum Gasteiger partial charge on any atom is -0.353 e. The van der Waals surface area contributed by atoms with Crippen molar-refractivity contribution >= 4 is 50.8 Å². The average Bonchev–Trinajstić information content (AvgIpc) is 3.05. The molecule has 0 aliphatic carbocycles. The highest BCUT2D eigenvalue weighted by atomic mass is 35.5. The van der Waals surface area contributed by atoms with Gasteiger partial charge in [-0.3, -0.25) is 14.2 Å². The smallest absolute Gasteiger partial charge is 0.272 e. The van der Waals surface area contributed by atoms with Gasteiger partial charge in [0, 0.05) is 11.1 Å². The Labute approximate surface area is 164 Å². The van der Waals surface area contributed by atoms with Crippen LogP contribution >= 0.6 is 34.7 Å². The molecule has 0 radical (unpaired) electrons. The highest BCUT2D eigenvalue weighted by molar-refractivity contribution is 7.99. The van der Waals surface area contributed by atoms with E-state index in [-0.39, 0.29) is 23.3 Å². The molecule has 0 fully saturated rings. The van der Waals surface area contributed by atoms with Crippen LogP contribution in [0.1, 0.15) is 19.4 Å². The van der Waals surface area contributed by atoms with Gasteiger partial charge in [-0.05, 0) is 36.9 Å². The second kappa shape index (κ2) is 8.24. The fourth-order valence-corrected chi connectivity index (χ4v) is 4.25. The lowest BCUT2D eigenvalue weighted by Gasteiger charge is -2.13. The van der Waals surface area contributed by atoms with Gasteiger partial charge in [0.25, 0.3) is 5.56 Å². The van der Waals surface area contributed by atoms with Gasteiger partial charge in [0.05, 0.1) is 17.8 Å². The standard InChI is InChI=1S/C18H18ClN3O2S2/c1-11(2)20-15(23)10-26-18-21-14-7-8-25-16(14)17(24)22(18)9-12-5-3-4-6-13(12)19/h3-8,11H,9-10H2,1-2H3,(H,20,23). The number of nitrogens with zero attached hydrogens (tertiary/aromatic N) is 2. The third kappa shape index (κ3) is 4.28. The van der Waals surface area contributed by atoms with Gasteiger partial charge in [-0.25, -0.2) is 4.98 Å². The lowest BCUT2D eigenvalue weighted by Crippen LogP contribution is -2.32. The summed E-state index contributed by atoms with van der Waals surface area (Å²) in [4.78, 5) is 29.5. The Bertz CT molecular complexity index is 998. The predicted molar refractivity (Wildman–Crippen MR) is 108 cm³/mol. The van der Waals surface area contributed by atoms with E-state index in [0.717, 1.165) is 5.56 Å². The number of hydrogen-bond acceptors (Lipinski definition) is 5.